The predicted octanol–water partition coefficient (Wildman–Crippen LogP) is 7.20. The smallest absolute Gasteiger partial charge is 0.183 e. The molecule has 4 rings (SSSR count). The van der Waals surface area contributed by atoms with Gasteiger partial charge in [0.1, 0.15) is 0 Å². The van der Waals surface area contributed by atoms with Crippen molar-refractivity contribution in [3.63, 3.8) is 0 Å². The average molecular weight is 475 g/mol. The van der Waals surface area contributed by atoms with Gasteiger partial charge in [0, 0.05) is 35.4 Å². The third-order valence-electron chi connectivity index (χ3n) is 7.40. The highest BCUT2D eigenvalue weighted by Crippen LogP contribution is 2.34. The van der Waals surface area contributed by atoms with E-state index in [1.807, 2.05) is 6.20 Å². The lowest BCUT2D eigenvalue weighted by atomic mass is 9.83. The SMILES string of the molecule is CCCNC1CCC(Cc2cc(-c3csc(NCC4CCC(C)CC4)n3)c(Cl)cn2)CC1. The summed E-state index contributed by atoms with van der Waals surface area (Å²) in [5.41, 5.74) is 3.13. The molecule has 0 bridgehead atoms. The summed E-state index contributed by atoms with van der Waals surface area (Å²) >= 11 is 8.22. The summed E-state index contributed by atoms with van der Waals surface area (Å²) in [7, 11) is 0. The summed E-state index contributed by atoms with van der Waals surface area (Å²) in [6, 6.07) is 2.88. The largest absolute Gasteiger partial charge is 0.361 e. The van der Waals surface area contributed by atoms with Crippen molar-refractivity contribution in [1.82, 2.24) is 15.3 Å². The molecule has 2 saturated carbocycles. The van der Waals surface area contributed by atoms with Gasteiger partial charge in [-0.3, -0.25) is 4.98 Å². The van der Waals surface area contributed by atoms with Crippen molar-refractivity contribution in [2.24, 2.45) is 17.8 Å². The second kappa shape index (κ2) is 11.8. The van der Waals surface area contributed by atoms with E-state index in [0.717, 1.165) is 59.3 Å². The van der Waals surface area contributed by atoms with Gasteiger partial charge in [-0.2, -0.15) is 0 Å². The standard InChI is InChI=1S/C26H39ClN4S/c1-3-12-28-21-10-8-19(9-11-21)13-22-14-23(24(27)16-29-22)25-17-32-26(31-25)30-15-20-6-4-18(2)5-7-20/h14,16-21,28H,3-13,15H2,1-2H3,(H,30,31). The minimum atomic E-state index is 0.694. The molecule has 0 atom stereocenters. The van der Waals surface area contributed by atoms with E-state index in [1.165, 1.54) is 57.8 Å². The van der Waals surface area contributed by atoms with E-state index in [-0.39, 0.29) is 0 Å². The summed E-state index contributed by atoms with van der Waals surface area (Å²) in [5.74, 6) is 2.40. The number of rotatable bonds is 9. The Morgan fingerprint density at radius 3 is 2.56 bits per heavy atom. The highest BCUT2D eigenvalue weighted by Gasteiger charge is 2.22. The molecule has 4 nitrogen and oxygen atoms in total. The van der Waals surface area contributed by atoms with Crippen LogP contribution in [-0.4, -0.2) is 29.1 Å². The molecule has 0 unspecified atom stereocenters. The van der Waals surface area contributed by atoms with Gasteiger partial charge in [-0.05, 0) is 81.7 Å². The first-order valence-corrected chi connectivity index (χ1v) is 13.9. The quantitative estimate of drug-likeness (QED) is 0.403. The molecular formula is C26H39ClN4S. The highest BCUT2D eigenvalue weighted by atomic mass is 35.5. The van der Waals surface area contributed by atoms with Crippen molar-refractivity contribution >= 4 is 28.1 Å². The fourth-order valence-electron chi connectivity index (χ4n) is 5.25. The number of nitrogens with one attached hydrogen (secondary N) is 2. The lowest BCUT2D eigenvalue weighted by Gasteiger charge is -2.29. The number of thiazole rings is 1. The van der Waals surface area contributed by atoms with Crippen LogP contribution in [0.3, 0.4) is 0 Å². The number of anilines is 1. The van der Waals surface area contributed by atoms with Gasteiger partial charge in [0.2, 0.25) is 0 Å². The van der Waals surface area contributed by atoms with Gasteiger partial charge in [-0.25, -0.2) is 4.98 Å². The van der Waals surface area contributed by atoms with E-state index < -0.39 is 0 Å². The summed E-state index contributed by atoms with van der Waals surface area (Å²) < 4.78 is 0. The van der Waals surface area contributed by atoms with Gasteiger partial charge in [0.25, 0.3) is 0 Å². The Morgan fingerprint density at radius 1 is 1.06 bits per heavy atom. The molecule has 0 radical (unpaired) electrons. The summed E-state index contributed by atoms with van der Waals surface area (Å²) in [5, 5.41) is 11.1. The van der Waals surface area contributed by atoms with E-state index in [9.17, 15) is 0 Å². The molecule has 2 aromatic heterocycles. The molecule has 2 heterocycles. The van der Waals surface area contributed by atoms with Crippen LogP contribution in [0.5, 0.6) is 0 Å². The zero-order valence-electron chi connectivity index (χ0n) is 19.7. The predicted molar refractivity (Wildman–Crippen MR) is 138 cm³/mol. The molecule has 2 aliphatic carbocycles. The lowest BCUT2D eigenvalue weighted by molar-refractivity contribution is 0.290. The van der Waals surface area contributed by atoms with Gasteiger partial charge in [-0.1, -0.05) is 38.3 Å². The van der Waals surface area contributed by atoms with Crippen LogP contribution in [0.1, 0.15) is 77.3 Å². The van der Waals surface area contributed by atoms with Crippen molar-refractivity contribution in [1.29, 1.82) is 0 Å². The van der Waals surface area contributed by atoms with Crippen LogP contribution < -0.4 is 10.6 Å². The topological polar surface area (TPSA) is 49.8 Å². The van der Waals surface area contributed by atoms with Gasteiger partial charge in [-0.15, -0.1) is 11.3 Å². The molecule has 2 N–H and O–H groups in total. The molecule has 6 heteroatoms. The van der Waals surface area contributed by atoms with Crippen LogP contribution in [0.25, 0.3) is 11.3 Å². The van der Waals surface area contributed by atoms with Crippen molar-refractivity contribution in [3.05, 3.63) is 28.4 Å². The Morgan fingerprint density at radius 2 is 1.81 bits per heavy atom. The molecule has 0 aliphatic heterocycles. The first-order valence-electron chi connectivity index (χ1n) is 12.7. The van der Waals surface area contributed by atoms with E-state index >= 15 is 0 Å². The van der Waals surface area contributed by atoms with Gasteiger partial charge >= 0.3 is 0 Å². The Kier molecular flexibility index (Phi) is 8.84. The lowest BCUT2D eigenvalue weighted by Crippen LogP contribution is -2.34. The first kappa shape index (κ1) is 24.0. The molecule has 0 amide bonds. The van der Waals surface area contributed by atoms with Crippen LogP contribution >= 0.6 is 22.9 Å². The molecule has 32 heavy (non-hydrogen) atoms. The number of hydrogen-bond donors (Lipinski definition) is 2. The molecular weight excluding hydrogens is 436 g/mol. The first-order chi connectivity index (χ1) is 15.6. The number of pyridine rings is 1. The third kappa shape index (κ3) is 6.68. The molecule has 2 aromatic rings. The Hall–Kier alpha value is -1.17. The summed E-state index contributed by atoms with van der Waals surface area (Å²) in [6.45, 7) is 6.78. The fourth-order valence-corrected chi connectivity index (χ4v) is 6.17. The van der Waals surface area contributed by atoms with Gasteiger partial charge in [0.05, 0.1) is 10.7 Å². The van der Waals surface area contributed by atoms with Crippen LogP contribution in [-0.2, 0) is 6.42 Å². The van der Waals surface area contributed by atoms with Crippen molar-refractivity contribution in [2.75, 3.05) is 18.4 Å². The Balaban J connectivity index is 1.32. The number of nitrogens with zero attached hydrogens (tertiary/aromatic N) is 2. The maximum absolute atomic E-state index is 6.54. The molecule has 0 saturated heterocycles. The monoisotopic (exact) mass is 474 g/mol. The maximum atomic E-state index is 6.54. The van der Waals surface area contributed by atoms with Crippen molar-refractivity contribution < 1.29 is 0 Å². The van der Waals surface area contributed by atoms with Crippen molar-refractivity contribution in [3.8, 4) is 11.3 Å². The molecule has 2 aliphatic rings. The third-order valence-corrected chi connectivity index (χ3v) is 8.50. The zero-order chi connectivity index (χ0) is 22.3. The van der Waals surface area contributed by atoms with E-state index in [2.05, 4.69) is 40.9 Å². The average Bonchev–Trinajstić information content (AvgIpc) is 3.28. The second-order valence-electron chi connectivity index (χ2n) is 10.1. The number of aromatic nitrogens is 2. The molecule has 2 fully saturated rings. The zero-order valence-corrected chi connectivity index (χ0v) is 21.3. The molecule has 0 spiro atoms. The summed E-state index contributed by atoms with van der Waals surface area (Å²) in [6.07, 6.45) is 14.6. The van der Waals surface area contributed by atoms with E-state index in [1.54, 1.807) is 11.3 Å². The molecule has 0 aromatic carbocycles. The maximum Gasteiger partial charge on any atom is 0.183 e. The fraction of sp³-hybridized carbons (Fsp3) is 0.692. The second-order valence-corrected chi connectivity index (χ2v) is 11.3. The number of hydrogen-bond acceptors (Lipinski definition) is 5. The van der Waals surface area contributed by atoms with Crippen LogP contribution in [0.4, 0.5) is 5.13 Å². The van der Waals surface area contributed by atoms with E-state index in [0.29, 0.717) is 11.1 Å². The van der Waals surface area contributed by atoms with Crippen molar-refractivity contribution in [2.45, 2.75) is 84.1 Å². The summed E-state index contributed by atoms with van der Waals surface area (Å²) in [4.78, 5) is 9.50. The minimum absolute atomic E-state index is 0.694. The van der Waals surface area contributed by atoms with E-state index in [4.69, 9.17) is 16.6 Å². The van der Waals surface area contributed by atoms with Crippen LogP contribution in [0.15, 0.2) is 17.6 Å². The van der Waals surface area contributed by atoms with Crippen LogP contribution in [0.2, 0.25) is 5.02 Å². The highest BCUT2D eigenvalue weighted by molar-refractivity contribution is 7.14. The van der Waals surface area contributed by atoms with Gasteiger partial charge in [0.15, 0.2) is 5.13 Å². The van der Waals surface area contributed by atoms with Crippen LogP contribution in [0, 0.1) is 17.8 Å². The minimum Gasteiger partial charge on any atom is -0.361 e. The number of halogens is 1. The normalized spacial score (nSPS) is 26.2. The Labute approximate surface area is 203 Å². The Bertz CT molecular complexity index is 838. The molecule has 176 valence electrons. The van der Waals surface area contributed by atoms with Gasteiger partial charge < -0.3 is 10.6 Å².